The van der Waals surface area contributed by atoms with E-state index in [9.17, 15) is 0 Å². The topological polar surface area (TPSA) is 52.6 Å². The van der Waals surface area contributed by atoms with E-state index in [0.29, 0.717) is 11.3 Å². The summed E-state index contributed by atoms with van der Waals surface area (Å²) >= 11 is 1.88. The Kier molecular flexibility index (Phi) is 8.83. The molecule has 1 aromatic heterocycles. The average Bonchev–Trinajstić information content (AvgIpc) is 2.75. The molecule has 0 spiro atoms. The van der Waals surface area contributed by atoms with Crippen molar-refractivity contribution in [1.29, 1.82) is 0 Å². The highest BCUT2D eigenvalue weighted by Crippen LogP contribution is 2.22. The van der Waals surface area contributed by atoms with E-state index in [1.165, 1.54) is 4.90 Å². The zero-order valence-electron chi connectivity index (χ0n) is 17.6. The van der Waals surface area contributed by atoms with Crippen LogP contribution in [0.15, 0.2) is 64.6 Å². The Morgan fingerprint density at radius 3 is 2.62 bits per heavy atom. The molecule has 5 nitrogen and oxygen atoms in total. The zero-order chi connectivity index (χ0) is 20.3. The number of hydrogen-bond acceptors (Lipinski definition) is 4. The first-order valence-corrected chi connectivity index (χ1v) is 11.5. The third kappa shape index (κ3) is 7.71. The van der Waals surface area contributed by atoms with Gasteiger partial charge in [-0.15, -0.1) is 11.8 Å². The molecule has 156 valence electrons. The van der Waals surface area contributed by atoms with Gasteiger partial charge in [0.25, 0.3) is 0 Å². The maximum absolute atomic E-state index is 4.84. The van der Waals surface area contributed by atoms with Gasteiger partial charge in [0.2, 0.25) is 0 Å². The van der Waals surface area contributed by atoms with Crippen LogP contribution < -0.4 is 10.6 Å². The van der Waals surface area contributed by atoms with Gasteiger partial charge in [0.15, 0.2) is 5.96 Å². The van der Waals surface area contributed by atoms with Crippen LogP contribution in [0.25, 0.3) is 0 Å². The van der Waals surface area contributed by atoms with E-state index in [0.717, 1.165) is 57.2 Å². The first-order chi connectivity index (χ1) is 14.2. The molecule has 0 saturated carbocycles. The molecule has 0 radical (unpaired) electrons. The number of rotatable bonds is 8. The molecule has 0 aliphatic carbocycles. The number of piperidine rings is 1. The van der Waals surface area contributed by atoms with E-state index in [1.807, 2.05) is 24.0 Å². The van der Waals surface area contributed by atoms with Gasteiger partial charge in [-0.3, -0.25) is 14.9 Å². The van der Waals surface area contributed by atoms with Gasteiger partial charge in [-0.25, -0.2) is 0 Å². The number of nitrogens with zero attached hydrogens (tertiary/aromatic N) is 3. The van der Waals surface area contributed by atoms with Crippen molar-refractivity contribution in [3.8, 4) is 0 Å². The van der Waals surface area contributed by atoms with E-state index in [1.54, 1.807) is 0 Å². The minimum atomic E-state index is 0.438. The Morgan fingerprint density at radius 1 is 1.17 bits per heavy atom. The highest BCUT2D eigenvalue weighted by molar-refractivity contribution is 8.00. The molecule has 0 amide bonds. The maximum atomic E-state index is 4.84. The summed E-state index contributed by atoms with van der Waals surface area (Å²) in [6.07, 6.45) is 4.14. The highest BCUT2D eigenvalue weighted by Gasteiger charge is 2.20. The van der Waals surface area contributed by atoms with E-state index in [2.05, 4.69) is 76.8 Å². The second-order valence-electron chi connectivity index (χ2n) is 7.48. The smallest absolute Gasteiger partial charge is 0.191 e. The molecule has 1 unspecified atom stereocenters. The van der Waals surface area contributed by atoms with Gasteiger partial charge in [0.1, 0.15) is 0 Å². The second kappa shape index (κ2) is 11.8. The van der Waals surface area contributed by atoms with Crippen LogP contribution >= 0.6 is 11.8 Å². The number of guanidine groups is 1. The molecule has 29 heavy (non-hydrogen) atoms. The monoisotopic (exact) mass is 411 g/mol. The van der Waals surface area contributed by atoms with Crippen molar-refractivity contribution in [3.63, 3.8) is 0 Å². The first-order valence-electron chi connectivity index (χ1n) is 10.6. The molecular formula is C23H33N5S. The number of nitrogens with one attached hydrogen (secondary N) is 2. The first kappa shape index (κ1) is 21.7. The molecule has 2 aromatic rings. The van der Waals surface area contributed by atoms with E-state index < -0.39 is 0 Å². The quantitative estimate of drug-likeness (QED) is 0.393. The van der Waals surface area contributed by atoms with Crippen LogP contribution in [-0.4, -0.2) is 53.3 Å². The Morgan fingerprint density at radius 2 is 1.93 bits per heavy atom. The minimum absolute atomic E-state index is 0.438. The molecule has 3 rings (SSSR count). The lowest BCUT2D eigenvalue weighted by molar-refractivity contribution is 0.196. The third-order valence-corrected chi connectivity index (χ3v) is 6.07. The number of aromatic nitrogens is 1. The average molecular weight is 412 g/mol. The fourth-order valence-electron chi connectivity index (χ4n) is 3.46. The number of likely N-dealkylation sites (tertiary alicyclic amines) is 1. The summed E-state index contributed by atoms with van der Waals surface area (Å²) in [7, 11) is 0. The second-order valence-corrected chi connectivity index (χ2v) is 8.99. The van der Waals surface area contributed by atoms with Gasteiger partial charge in [-0.1, -0.05) is 31.2 Å². The lowest BCUT2D eigenvalue weighted by Gasteiger charge is -2.33. The molecule has 6 heteroatoms. The Bertz CT molecular complexity index is 729. The fraction of sp³-hybridized carbons (Fsp3) is 0.478. The number of thioether (sulfide) groups is 1. The molecule has 1 aromatic carbocycles. The molecule has 2 N–H and O–H groups in total. The van der Waals surface area contributed by atoms with Crippen molar-refractivity contribution < 1.29 is 0 Å². The van der Waals surface area contributed by atoms with Crippen LogP contribution in [0.3, 0.4) is 0 Å². The zero-order valence-corrected chi connectivity index (χ0v) is 18.4. The van der Waals surface area contributed by atoms with Crippen LogP contribution in [0, 0.1) is 0 Å². The minimum Gasteiger partial charge on any atom is -0.357 e. The lowest BCUT2D eigenvalue weighted by Crippen LogP contribution is -2.48. The number of benzene rings is 1. The number of pyridine rings is 1. The SMILES string of the molecule is CCNC(=NCC(C)Sc1ccccc1)NC1CCN(Cc2ccccn2)CC1. The summed E-state index contributed by atoms with van der Waals surface area (Å²) in [5.74, 6) is 0.941. The summed E-state index contributed by atoms with van der Waals surface area (Å²) in [5, 5.41) is 7.49. The molecule has 1 atom stereocenters. The van der Waals surface area contributed by atoms with Crippen molar-refractivity contribution in [2.45, 2.75) is 49.4 Å². The summed E-state index contributed by atoms with van der Waals surface area (Å²) in [6, 6.07) is 17.2. The van der Waals surface area contributed by atoms with Crippen molar-refractivity contribution in [3.05, 3.63) is 60.4 Å². The molecule has 1 aliphatic rings. The predicted molar refractivity (Wildman–Crippen MR) is 123 cm³/mol. The van der Waals surface area contributed by atoms with Crippen LogP contribution in [0.4, 0.5) is 0 Å². The normalized spacial score (nSPS) is 17.1. The lowest BCUT2D eigenvalue weighted by atomic mass is 10.0. The maximum Gasteiger partial charge on any atom is 0.191 e. The van der Waals surface area contributed by atoms with Gasteiger partial charge in [-0.05, 0) is 44.0 Å². The molecular weight excluding hydrogens is 378 g/mol. The van der Waals surface area contributed by atoms with Crippen LogP contribution in [0.1, 0.15) is 32.4 Å². The van der Waals surface area contributed by atoms with E-state index in [4.69, 9.17) is 4.99 Å². The van der Waals surface area contributed by atoms with Gasteiger partial charge in [0.05, 0.1) is 12.2 Å². The van der Waals surface area contributed by atoms with Crippen molar-refractivity contribution >= 4 is 17.7 Å². The Hall–Kier alpha value is -2.05. The van der Waals surface area contributed by atoms with Crippen molar-refractivity contribution in [2.24, 2.45) is 4.99 Å². The molecule has 2 heterocycles. The van der Waals surface area contributed by atoms with Crippen molar-refractivity contribution in [1.82, 2.24) is 20.5 Å². The largest absolute Gasteiger partial charge is 0.357 e. The predicted octanol–water partition coefficient (Wildman–Crippen LogP) is 3.78. The Labute approximate surface area is 179 Å². The number of aliphatic imine (C=N–C) groups is 1. The van der Waals surface area contributed by atoms with Crippen molar-refractivity contribution in [2.75, 3.05) is 26.2 Å². The summed E-state index contributed by atoms with van der Waals surface area (Å²) in [6.45, 7) is 9.16. The summed E-state index contributed by atoms with van der Waals surface area (Å²) in [4.78, 5) is 13.1. The van der Waals surface area contributed by atoms with Gasteiger partial charge < -0.3 is 10.6 Å². The molecule has 0 bridgehead atoms. The summed E-state index contributed by atoms with van der Waals surface area (Å²) in [5.41, 5.74) is 1.15. The standard InChI is InChI=1S/C23H33N5S/c1-3-24-23(26-17-19(2)29-22-10-5-4-6-11-22)27-20-12-15-28(16-13-20)18-21-9-7-8-14-25-21/h4-11,14,19-20H,3,12-13,15-18H2,1-2H3,(H2,24,26,27). The number of hydrogen-bond donors (Lipinski definition) is 2. The fourth-order valence-corrected chi connectivity index (χ4v) is 4.39. The van der Waals surface area contributed by atoms with Crippen LogP contribution in [0.2, 0.25) is 0 Å². The molecule has 1 fully saturated rings. The third-order valence-electron chi connectivity index (χ3n) is 4.97. The van der Waals surface area contributed by atoms with Gasteiger partial charge in [0, 0.05) is 48.6 Å². The molecule has 1 aliphatic heterocycles. The van der Waals surface area contributed by atoms with E-state index >= 15 is 0 Å². The van der Waals surface area contributed by atoms with Gasteiger partial charge >= 0.3 is 0 Å². The van der Waals surface area contributed by atoms with Gasteiger partial charge in [-0.2, -0.15) is 0 Å². The summed E-state index contributed by atoms with van der Waals surface area (Å²) < 4.78 is 0. The molecule has 1 saturated heterocycles. The highest BCUT2D eigenvalue weighted by atomic mass is 32.2. The van der Waals surface area contributed by atoms with E-state index in [-0.39, 0.29) is 0 Å². The Balaban J connectivity index is 1.44. The van der Waals surface area contributed by atoms with Crippen LogP contribution in [-0.2, 0) is 6.54 Å². The van der Waals surface area contributed by atoms with Crippen LogP contribution in [0.5, 0.6) is 0 Å².